The SMILES string of the molecule is C=C/C(=C\Cc1oc(C)cc1C)CCP.CC. The van der Waals surface area contributed by atoms with E-state index in [1.54, 1.807) is 0 Å². The molecule has 0 saturated heterocycles. The summed E-state index contributed by atoms with van der Waals surface area (Å²) in [7, 11) is 2.73. The van der Waals surface area contributed by atoms with Gasteiger partial charge in [0.05, 0.1) is 0 Å². The predicted octanol–water partition coefficient (Wildman–Crippen LogP) is 4.84. The van der Waals surface area contributed by atoms with Crippen molar-refractivity contribution < 1.29 is 4.42 Å². The Hall–Kier alpha value is -0.810. The minimum Gasteiger partial charge on any atom is -0.466 e. The van der Waals surface area contributed by atoms with Crippen LogP contribution in [0.4, 0.5) is 0 Å². The zero-order chi connectivity index (χ0) is 13.3. The van der Waals surface area contributed by atoms with Gasteiger partial charge in [0.2, 0.25) is 0 Å². The van der Waals surface area contributed by atoms with Crippen molar-refractivity contribution in [1.82, 2.24) is 0 Å². The molecule has 0 aliphatic rings. The summed E-state index contributed by atoms with van der Waals surface area (Å²) in [6.07, 6.45) is 7.13. The monoisotopic (exact) mass is 252 g/mol. The highest BCUT2D eigenvalue weighted by Gasteiger charge is 2.02. The lowest BCUT2D eigenvalue weighted by molar-refractivity contribution is 0.492. The lowest BCUT2D eigenvalue weighted by Gasteiger charge is -1.99. The summed E-state index contributed by atoms with van der Waals surface area (Å²) >= 11 is 0. The van der Waals surface area contributed by atoms with Gasteiger partial charge in [0.25, 0.3) is 0 Å². The second-order valence-corrected chi connectivity index (χ2v) is 4.27. The van der Waals surface area contributed by atoms with E-state index in [0.717, 1.165) is 30.5 Å². The van der Waals surface area contributed by atoms with Crippen LogP contribution in [-0.4, -0.2) is 6.16 Å². The van der Waals surface area contributed by atoms with Crippen LogP contribution in [0, 0.1) is 13.8 Å². The molecule has 1 rings (SSSR count). The quantitative estimate of drug-likeness (QED) is 0.539. The number of furan rings is 1. The van der Waals surface area contributed by atoms with Crippen LogP contribution >= 0.6 is 9.24 Å². The highest BCUT2D eigenvalue weighted by atomic mass is 31.0. The van der Waals surface area contributed by atoms with Gasteiger partial charge in [-0.25, -0.2) is 0 Å². The van der Waals surface area contributed by atoms with Crippen molar-refractivity contribution in [2.75, 3.05) is 6.16 Å². The normalized spacial score (nSPS) is 10.8. The van der Waals surface area contributed by atoms with Crippen LogP contribution < -0.4 is 0 Å². The predicted molar refractivity (Wildman–Crippen MR) is 80.7 cm³/mol. The van der Waals surface area contributed by atoms with Crippen molar-refractivity contribution in [2.45, 2.75) is 40.5 Å². The third-order valence-electron chi connectivity index (χ3n) is 2.39. The highest BCUT2D eigenvalue weighted by Crippen LogP contribution is 2.16. The summed E-state index contributed by atoms with van der Waals surface area (Å²) in [6, 6.07) is 2.08. The van der Waals surface area contributed by atoms with Crippen molar-refractivity contribution in [2.24, 2.45) is 0 Å². The van der Waals surface area contributed by atoms with Crippen LogP contribution in [0.5, 0.6) is 0 Å². The van der Waals surface area contributed by atoms with Crippen LogP contribution in [0.15, 0.2) is 34.8 Å². The molecule has 1 unspecified atom stereocenters. The number of rotatable bonds is 5. The molecule has 0 spiro atoms. The summed E-state index contributed by atoms with van der Waals surface area (Å²) in [5.41, 5.74) is 2.52. The molecule has 1 aromatic rings. The van der Waals surface area contributed by atoms with Gasteiger partial charge in [0, 0.05) is 6.42 Å². The van der Waals surface area contributed by atoms with E-state index in [2.05, 4.69) is 34.9 Å². The molecule has 2 heteroatoms. The van der Waals surface area contributed by atoms with Crippen LogP contribution in [0.3, 0.4) is 0 Å². The molecule has 0 fully saturated rings. The van der Waals surface area contributed by atoms with Gasteiger partial charge in [-0.3, -0.25) is 0 Å². The molecule has 1 atom stereocenters. The van der Waals surface area contributed by atoms with Crippen LogP contribution in [0.1, 0.15) is 37.4 Å². The average Bonchev–Trinajstić information content (AvgIpc) is 2.66. The summed E-state index contributed by atoms with van der Waals surface area (Å²) in [4.78, 5) is 0. The van der Waals surface area contributed by atoms with E-state index in [4.69, 9.17) is 4.42 Å². The molecule has 0 radical (unpaired) electrons. The first-order chi connectivity index (χ1) is 8.17. The van der Waals surface area contributed by atoms with E-state index >= 15 is 0 Å². The molecule has 1 nitrogen and oxygen atoms in total. The zero-order valence-electron chi connectivity index (χ0n) is 11.5. The molecule has 0 amide bonds. The largest absolute Gasteiger partial charge is 0.466 e. The van der Waals surface area contributed by atoms with E-state index in [0.29, 0.717) is 0 Å². The smallest absolute Gasteiger partial charge is 0.110 e. The fourth-order valence-electron chi connectivity index (χ4n) is 1.57. The summed E-state index contributed by atoms with van der Waals surface area (Å²) in [6.45, 7) is 11.9. The Morgan fingerprint density at radius 1 is 1.41 bits per heavy atom. The third kappa shape index (κ3) is 5.89. The maximum atomic E-state index is 5.60. The standard InChI is InChI=1S/C13H19OP.C2H6/c1-4-12(7-8-15)5-6-13-10(2)9-11(3)14-13;1-2/h4-5,9H,1,6-8,15H2,2-3H3;1-2H3/b12-5+;. The Bertz CT molecular complexity index is 361. The lowest BCUT2D eigenvalue weighted by atomic mass is 10.1. The lowest BCUT2D eigenvalue weighted by Crippen LogP contribution is -1.85. The molecule has 0 aromatic carbocycles. The molecule has 96 valence electrons. The van der Waals surface area contributed by atoms with Crippen LogP contribution in [0.25, 0.3) is 0 Å². The van der Waals surface area contributed by atoms with Gasteiger partial charge in [-0.1, -0.05) is 38.2 Å². The maximum absolute atomic E-state index is 5.60. The number of aryl methyl sites for hydroxylation is 2. The molecule has 0 bridgehead atoms. The summed E-state index contributed by atoms with van der Waals surface area (Å²) in [5, 5.41) is 0. The van der Waals surface area contributed by atoms with Gasteiger partial charge >= 0.3 is 0 Å². The molecule has 17 heavy (non-hydrogen) atoms. The van der Waals surface area contributed by atoms with E-state index < -0.39 is 0 Å². The van der Waals surface area contributed by atoms with Gasteiger partial charge in [0.1, 0.15) is 11.5 Å². The van der Waals surface area contributed by atoms with Gasteiger partial charge in [0.15, 0.2) is 0 Å². The number of hydrogen-bond acceptors (Lipinski definition) is 1. The van der Waals surface area contributed by atoms with Crippen LogP contribution in [0.2, 0.25) is 0 Å². The van der Waals surface area contributed by atoms with E-state index in [9.17, 15) is 0 Å². The van der Waals surface area contributed by atoms with E-state index in [1.807, 2.05) is 26.8 Å². The first kappa shape index (κ1) is 16.2. The maximum Gasteiger partial charge on any atom is 0.110 e. The average molecular weight is 252 g/mol. The molecular formula is C15H25OP. The van der Waals surface area contributed by atoms with Crippen molar-refractivity contribution in [1.29, 1.82) is 0 Å². The van der Waals surface area contributed by atoms with Gasteiger partial charge < -0.3 is 4.42 Å². The summed E-state index contributed by atoms with van der Waals surface area (Å²) < 4.78 is 5.60. The Kier molecular flexibility index (Phi) is 8.80. The Morgan fingerprint density at radius 3 is 2.47 bits per heavy atom. The molecule has 0 aliphatic carbocycles. The van der Waals surface area contributed by atoms with Crippen molar-refractivity contribution in [3.05, 3.63) is 47.5 Å². The molecule has 0 saturated carbocycles. The van der Waals surface area contributed by atoms with Crippen molar-refractivity contribution in [3.63, 3.8) is 0 Å². The first-order valence-electron chi connectivity index (χ1n) is 6.24. The van der Waals surface area contributed by atoms with Gasteiger partial charge in [-0.15, -0.1) is 9.24 Å². The number of hydrogen-bond donors (Lipinski definition) is 0. The van der Waals surface area contributed by atoms with Crippen LogP contribution in [-0.2, 0) is 6.42 Å². The Labute approximate surface area is 108 Å². The van der Waals surface area contributed by atoms with Gasteiger partial charge in [-0.05, 0) is 38.1 Å². The third-order valence-corrected chi connectivity index (χ3v) is 2.68. The minimum absolute atomic E-state index is 0.867. The second-order valence-electron chi connectivity index (χ2n) is 3.69. The topological polar surface area (TPSA) is 13.1 Å². The Balaban J connectivity index is 0.00000121. The number of allylic oxidation sites excluding steroid dienone is 3. The van der Waals surface area contributed by atoms with E-state index in [-0.39, 0.29) is 0 Å². The molecule has 0 N–H and O–H groups in total. The summed E-state index contributed by atoms with van der Waals surface area (Å²) in [5.74, 6) is 2.05. The van der Waals surface area contributed by atoms with Gasteiger partial charge in [-0.2, -0.15) is 0 Å². The highest BCUT2D eigenvalue weighted by molar-refractivity contribution is 7.16. The molecule has 1 aromatic heterocycles. The van der Waals surface area contributed by atoms with E-state index in [1.165, 1.54) is 11.1 Å². The second kappa shape index (κ2) is 9.24. The Morgan fingerprint density at radius 2 is 2.06 bits per heavy atom. The molecule has 0 aliphatic heterocycles. The molecule has 1 heterocycles. The minimum atomic E-state index is 0.867. The fraction of sp³-hybridized carbons (Fsp3) is 0.467. The van der Waals surface area contributed by atoms with Crippen molar-refractivity contribution >= 4 is 9.24 Å². The first-order valence-corrected chi connectivity index (χ1v) is 7.06. The molecular weight excluding hydrogens is 227 g/mol. The van der Waals surface area contributed by atoms with Crippen molar-refractivity contribution in [3.8, 4) is 0 Å². The fourth-order valence-corrected chi connectivity index (χ4v) is 1.90. The zero-order valence-corrected chi connectivity index (χ0v) is 12.7.